The molecule has 0 aromatic heterocycles. The van der Waals surface area contributed by atoms with Crippen molar-refractivity contribution in [3.8, 4) is 11.5 Å². The Morgan fingerprint density at radius 1 is 1.31 bits per heavy atom. The van der Waals surface area contributed by atoms with Crippen LogP contribution in [0.4, 0.5) is 0 Å². The van der Waals surface area contributed by atoms with Gasteiger partial charge in [0.2, 0.25) is 0 Å². The molecule has 2 unspecified atom stereocenters. The zero-order chi connectivity index (χ0) is 17.8. The van der Waals surface area contributed by atoms with Gasteiger partial charge in [0, 0.05) is 23.7 Å². The average Bonchev–Trinajstić information content (AvgIpc) is 2.94. The number of nitrogens with one attached hydrogen (secondary N) is 2. The molecule has 1 amide bonds. The van der Waals surface area contributed by atoms with Crippen LogP contribution in [0, 0.1) is 0 Å². The van der Waals surface area contributed by atoms with Gasteiger partial charge in [0.25, 0.3) is 5.91 Å². The van der Waals surface area contributed by atoms with Gasteiger partial charge in [-0.2, -0.15) is 0 Å². The lowest BCUT2D eigenvalue weighted by atomic mass is 9.99. The maximum atomic E-state index is 12.7. The summed E-state index contributed by atoms with van der Waals surface area (Å²) in [6.07, 6.45) is 6.38. The summed E-state index contributed by atoms with van der Waals surface area (Å²) in [7, 11) is 1.56. The van der Waals surface area contributed by atoms with Crippen LogP contribution < -0.4 is 20.1 Å². The van der Waals surface area contributed by atoms with Crippen molar-refractivity contribution in [3.05, 3.63) is 22.7 Å². The number of piperidine rings is 1. The monoisotopic (exact) mass is 402 g/mol. The zero-order valence-electron chi connectivity index (χ0n) is 15.3. The van der Waals surface area contributed by atoms with E-state index in [-0.39, 0.29) is 24.4 Å². The molecule has 2 N–H and O–H groups in total. The van der Waals surface area contributed by atoms with Crippen LogP contribution in [0.25, 0.3) is 0 Å². The summed E-state index contributed by atoms with van der Waals surface area (Å²) in [5, 5.41) is 7.14. The topological polar surface area (TPSA) is 59.6 Å². The summed E-state index contributed by atoms with van der Waals surface area (Å²) in [5.74, 6) is 0.903. The third-order valence-corrected chi connectivity index (χ3v) is 5.32. The van der Waals surface area contributed by atoms with Crippen LogP contribution in [0.1, 0.15) is 55.8 Å². The molecular formula is C19H28Cl2N2O3. The van der Waals surface area contributed by atoms with Crippen molar-refractivity contribution in [1.29, 1.82) is 0 Å². The normalized spacial score (nSPS) is 23.9. The van der Waals surface area contributed by atoms with E-state index in [0.29, 0.717) is 40.8 Å². The third-order valence-electron chi connectivity index (χ3n) is 5.04. The van der Waals surface area contributed by atoms with E-state index in [1.54, 1.807) is 19.2 Å². The molecule has 0 aliphatic carbocycles. The number of benzene rings is 1. The number of unbranched alkanes of at least 4 members (excludes halogenated alkanes) is 1. The number of fused-ring (bicyclic) bond motifs is 2. The van der Waals surface area contributed by atoms with E-state index < -0.39 is 0 Å². The quantitative estimate of drug-likeness (QED) is 0.677. The standard InChI is InChI=1S/C19H27ClN2O3.ClH/c1-3-4-7-25-18-16(20)8-12(9-17(18)24-2)19(23)22-15-10-13-5-6-14(11-15)21-13;/h8-9,13-15,21H,3-7,10-11H2,1-2H3,(H,22,23);1H. The number of ether oxygens (including phenoxy) is 2. The molecule has 3 rings (SSSR count). The van der Waals surface area contributed by atoms with Gasteiger partial charge in [-0.1, -0.05) is 24.9 Å². The Morgan fingerprint density at radius 2 is 2.00 bits per heavy atom. The first-order valence-electron chi connectivity index (χ1n) is 9.18. The lowest BCUT2D eigenvalue weighted by molar-refractivity contribution is 0.0923. The summed E-state index contributed by atoms with van der Waals surface area (Å²) in [6, 6.07) is 4.67. The summed E-state index contributed by atoms with van der Waals surface area (Å²) in [6.45, 7) is 2.68. The average molecular weight is 403 g/mol. The highest BCUT2D eigenvalue weighted by Gasteiger charge is 2.34. The van der Waals surface area contributed by atoms with Crippen LogP contribution in [0.3, 0.4) is 0 Å². The van der Waals surface area contributed by atoms with E-state index in [0.717, 1.165) is 25.7 Å². The first kappa shape index (κ1) is 21.1. The number of carbonyl (C=O) groups is 1. The number of rotatable bonds is 7. The van der Waals surface area contributed by atoms with Gasteiger partial charge in [-0.25, -0.2) is 0 Å². The van der Waals surface area contributed by atoms with Crippen molar-refractivity contribution < 1.29 is 14.3 Å². The molecule has 2 aliphatic heterocycles. The van der Waals surface area contributed by atoms with Crippen LogP contribution in [0.2, 0.25) is 5.02 Å². The number of methoxy groups -OCH3 is 1. The second-order valence-corrected chi connectivity index (χ2v) is 7.38. The summed E-state index contributed by atoms with van der Waals surface area (Å²) < 4.78 is 11.1. The maximum Gasteiger partial charge on any atom is 0.251 e. The van der Waals surface area contributed by atoms with E-state index in [1.165, 1.54) is 12.8 Å². The number of carbonyl (C=O) groups excluding carboxylic acids is 1. The number of hydrogen-bond acceptors (Lipinski definition) is 4. The molecule has 1 aromatic carbocycles. The Bertz CT molecular complexity index is 615. The van der Waals surface area contributed by atoms with Gasteiger partial charge in [-0.05, 0) is 44.2 Å². The molecule has 2 saturated heterocycles. The van der Waals surface area contributed by atoms with Crippen LogP contribution >= 0.6 is 24.0 Å². The van der Waals surface area contributed by atoms with Crippen molar-refractivity contribution in [3.63, 3.8) is 0 Å². The number of amides is 1. The Morgan fingerprint density at radius 3 is 2.62 bits per heavy atom. The fraction of sp³-hybridized carbons (Fsp3) is 0.632. The largest absolute Gasteiger partial charge is 0.493 e. The second kappa shape index (κ2) is 9.67. The molecule has 0 spiro atoms. The molecule has 2 bridgehead atoms. The SMILES string of the molecule is CCCCOc1c(Cl)cc(C(=O)NC2CC3CCC(C2)N3)cc1OC.Cl. The van der Waals surface area contributed by atoms with E-state index >= 15 is 0 Å². The lowest BCUT2D eigenvalue weighted by Gasteiger charge is -2.29. The summed E-state index contributed by atoms with van der Waals surface area (Å²) in [5.41, 5.74) is 0.510. The van der Waals surface area contributed by atoms with E-state index in [1.807, 2.05) is 0 Å². The van der Waals surface area contributed by atoms with E-state index in [4.69, 9.17) is 21.1 Å². The maximum absolute atomic E-state index is 12.7. The molecule has 146 valence electrons. The molecule has 5 nitrogen and oxygen atoms in total. The number of hydrogen-bond donors (Lipinski definition) is 2. The van der Waals surface area contributed by atoms with Crippen molar-refractivity contribution in [2.45, 2.75) is 63.6 Å². The smallest absolute Gasteiger partial charge is 0.251 e. The molecule has 0 saturated carbocycles. The zero-order valence-corrected chi connectivity index (χ0v) is 16.9. The minimum Gasteiger partial charge on any atom is -0.493 e. The predicted molar refractivity (Wildman–Crippen MR) is 106 cm³/mol. The van der Waals surface area contributed by atoms with Crippen molar-refractivity contribution in [2.75, 3.05) is 13.7 Å². The van der Waals surface area contributed by atoms with Crippen molar-refractivity contribution >= 4 is 29.9 Å². The second-order valence-electron chi connectivity index (χ2n) is 6.97. The molecule has 2 fully saturated rings. The van der Waals surface area contributed by atoms with Crippen molar-refractivity contribution in [1.82, 2.24) is 10.6 Å². The molecule has 26 heavy (non-hydrogen) atoms. The van der Waals surface area contributed by atoms with Gasteiger partial charge < -0.3 is 20.1 Å². The molecule has 1 aromatic rings. The molecule has 2 heterocycles. The van der Waals surface area contributed by atoms with Crippen LogP contribution in [-0.2, 0) is 0 Å². The van der Waals surface area contributed by atoms with E-state index in [2.05, 4.69) is 17.6 Å². The minimum atomic E-state index is -0.105. The Hall–Kier alpha value is -1.17. The van der Waals surface area contributed by atoms with Crippen LogP contribution in [0.5, 0.6) is 11.5 Å². The summed E-state index contributed by atoms with van der Waals surface area (Å²) >= 11 is 6.34. The molecule has 7 heteroatoms. The Balaban J connectivity index is 0.00000243. The highest BCUT2D eigenvalue weighted by molar-refractivity contribution is 6.32. The fourth-order valence-corrected chi connectivity index (χ4v) is 4.02. The van der Waals surface area contributed by atoms with Gasteiger partial charge >= 0.3 is 0 Å². The van der Waals surface area contributed by atoms with Gasteiger partial charge in [-0.3, -0.25) is 4.79 Å². The fourth-order valence-electron chi connectivity index (χ4n) is 3.75. The van der Waals surface area contributed by atoms with Gasteiger partial charge in [-0.15, -0.1) is 12.4 Å². The Labute approximate surface area is 166 Å². The molecule has 2 aliphatic rings. The van der Waals surface area contributed by atoms with Crippen LogP contribution in [0.15, 0.2) is 12.1 Å². The Kier molecular flexibility index (Phi) is 7.86. The highest BCUT2D eigenvalue weighted by atomic mass is 35.5. The number of halogens is 2. The van der Waals surface area contributed by atoms with E-state index in [9.17, 15) is 4.79 Å². The summed E-state index contributed by atoms with van der Waals surface area (Å²) in [4.78, 5) is 12.7. The van der Waals surface area contributed by atoms with Gasteiger partial charge in [0.1, 0.15) is 0 Å². The predicted octanol–water partition coefficient (Wildman–Crippen LogP) is 3.96. The van der Waals surface area contributed by atoms with Crippen molar-refractivity contribution in [2.24, 2.45) is 0 Å². The molecule has 0 radical (unpaired) electrons. The molecule has 2 atom stereocenters. The minimum absolute atomic E-state index is 0. The lowest BCUT2D eigenvalue weighted by Crippen LogP contribution is -2.48. The molecular weight excluding hydrogens is 375 g/mol. The third kappa shape index (κ3) is 4.96. The first-order valence-corrected chi connectivity index (χ1v) is 9.55. The van der Waals surface area contributed by atoms with Crippen LogP contribution in [-0.4, -0.2) is 37.7 Å². The van der Waals surface area contributed by atoms with Gasteiger partial charge in [0.05, 0.1) is 18.7 Å². The first-order chi connectivity index (χ1) is 12.1. The van der Waals surface area contributed by atoms with Gasteiger partial charge in [0.15, 0.2) is 11.5 Å². The highest BCUT2D eigenvalue weighted by Crippen LogP contribution is 2.36.